The molecule has 0 unspecified atom stereocenters. The molecule has 0 aromatic heterocycles. The van der Waals surface area contributed by atoms with Crippen molar-refractivity contribution in [3.63, 3.8) is 0 Å². The van der Waals surface area contributed by atoms with Crippen LogP contribution in [0.25, 0.3) is 0 Å². The number of amides is 1. The molecule has 0 saturated carbocycles. The van der Waals surface area contributed by atoms with Gasteiger partial charge in [-0.2, -0.15) is 0 Å². The first-order valence-electron chi connectivity index (χ1n) is 10.3. The summed E-state index contributed by atoms with van der Waals surface area (Å²) in [6.07, 6.45) is 2.26. The number of nitrogens with zero attached hydrogens (tertiary/aromatic N) is 2. The number of fused-ring (bicyclic) bond motifs is 1. The van der Waals surface area contributed by atoms with Gasteiger partial charge in [-0.25, -0.2) is 4.39 Å². The lowest BCUT2D eigenvalue weighted by molar-refractivity contribution is -0.132. The van der Waals surface area contributed by atoms with Gasteiger partial charge in [0.1, 0.15) is 19.0 Å². The number of carbonyl (C=O) groups is 1. The van der Waals surface area contributed by atoms with Gasteiger partial charge in [0, 0.05) is 26.2 Å². The molecule has 154 valence electrons. The molecule has 2 aromatic rings. The van der Waals surface area contributed by atoms with E-state index in [9.17, 15) is 9.18 Å². The third-order valence-corrected chi connectivity index (χ3v) is 5.52. The van der Waals surface area contributed by atoms with Crippen LogP contribution in [-0.4, -0.2) is 61.6 Å². The maximum Gasteiger partial charge on any atom is 0.227 e. The topological polar surface area (TPSA) is 42.0 Å². The van der Waals surface area contributed by atoms with Crippen molar-refractivity contribution in [3.05, 3.63) is 59.4 Å². The largest absolute Gasteiger partial charge is 0.486 e. The highest BCUT2D eigenvalue weighted by Crippen LogP contribution is 2.31. The fourth-order valence-corrected chi connectivity index (χ4v) is 3.90. The molecular weight excluding hydrogens is 371 g/mol. The maximum atomic E-state index is 13.2. The van der Waals surface area contributed by atoms with Crippen LogP contribution >= 0.6 is 0 Å². The summed E-state index contributed by atoms with van der Waals surface area (Å²) in [4.78, 5) is 17.0. The van der Waals surface area contributed by atoms with E-state index in [0.717, 1.165) is 68.2 Å². The number of halogens is 1. The zero-order valence-corrected chi connectivity index (χ0v) is 16.6. The van der Waals surface area contributed by atoms with E-state index in [1.807, 2.05) is 29.2 Å². The van der Waals surface area contributed by atoms with E-state index in [2.05, 4.69) is 4.90 Å². The molecule has 1 amide bonds. The number of rotatable bonds is 6. The molecule has 0 N–H and O–H groups in total. The minimum Gasteiger partial charge on any atom is -0.486 e. The third-order valence-electron chi connectivity index (χ3n) is 5.52. The van der Waals surface area contributed by atoms with Crippen LogP contribution in [0.1, 0.15) is 17.5 Å². The molecule has 1 fully saturated rings. The number of hydrogen-bond acceptors (Lipinski definition) is 4. The van der Waals surface area contributed by atoms with Gasteiger partial charge in [0.05, 0.1) is 6.42 Å². The van der Waals surface area contributed by atoms with E-state index in [-0.39, 0.29) is 11.7 Å². The van der Waals surface area contributed by atoms with E-state index in [1.165, 1.54) is 6.07 Å². The van der Waals surface area contributed by atoms with Gasteiger partial charge >= 0.3 is 0 Å². The van der Waals surface area contributed by atoms with Crippen molar-refractivity contribution in [1.82, 2.24) is 9.80 Å². The highest BCUT2D eigenvalue weighted by molar-refractivity contribution is 5.79. The van der Waals surface area contributed by atoms with Crippen LogP contribution in [0, 0.1) is 5.82 Å². The van der Waals surface area contributed by atoms with Crippen LogP contribution in [0.3, 0.4) is 0 Å². The molecule has 4 rings (SSSR count). The van der Waals surface area contributed by atoms with Gasteiger partial charge in [0.25, 0.3) is 0 Å². The Labute approximate surface area is 171 Å². The van der Waals surface area contributed by atoms with Crippen molar-refractivity contribution < 1.29 is 18.7 Å². The first-order chi connectivity index (χ1) is 14.2. The fourth-order valence-electron chi connectivity index (χ4n) is 3.90. The highest BCUT2D eigenvalue weighted by Gasteiger charge is 2.21. The predicted octanol–water partition coefficient (Wildman–Crippen LogP) is 2.92. The zero-order chi connectivity index (χ0) is 20.1. The SMILES string of the molecule is O=C(Cc1ccc2c(c1)OCCO2)N1CCN(CCCc2cccc(F)c2)CC1. The van der Waals surface area contributed by atoms with E-state index < -0.39 is 0 Å². The number of benzene rings is 2. The number of carbonyl (C=O) groups excluding carboxylic acids is 1. The molecule has 0 spiro atoms. The monoisotopic (exact) mass is 398 g/mol. The molecule has 0 bridgehead atoms. The molecule has 0 radical (unpaired) electrons. The van der Waals surface area contributed by atoms with Crippen molar-refractivity contribution in [2.24, 2.45) is 0 Å². The Balaban J connectivity index is 1.20. The average Bonchev–Trinajstić information content (AvgIpc) is 2.74. The van der Waals surface area contributed by atoms with Gasteiger partial charge < -0.3 is 14.4 Å². The van der Waals surface area contributed by atoms with Crippen molar-refractivity contribution in [2.45, 2.75) is 19.3 Å². The summed E-state index contributed by atoms with van der Waals surface area (Å²) in [6, 6.07) is 12.5. The molecule has 2 heterocycles. The van der Waals surface area contributed by atoms with E-state index in [0.29, 0.717) is 19.6 Å². The van der Waals surface area contributed by atoms with Crippen LogP contribution < -0.4 is 9.47 Å². The minimum absolute atomic E-state index is 0.154. The van der Waals surface area contributed by atoms with Gasteiger partial charge in [-0.1, -0.05) is 18.2 Å². The number of piperazine rings is 1. The van der Waals surface area contributed by atoms with Crippen LogP contribution in [0.5, 0.6) is 11.5 Å². The Hall–Kier alpha value is -2.60. The molecule has 2 aromatic carbocycles. The summed E-state index contributed by atoms with van der Waals surface area (Å²) >= 11 is 0. The number of hydrogen-bond donors (Lipinski definition) is 0. The predicted molar refractivity (Wildman–Crippen MR) is 109 cm³/mol. The molecular formula is C23H27FN2O3. The lowest BCUT2D eigenvalue weighted by Crippen LogP contribution is -2.49. The Morgan fingerprint density at radius 3 is 2.52 bits per heavy atom. The van der Waals surface area contributed by atoms with Gasteiger partial charge in [0.15, 0.2) is 11.5 Å². The minimum atomic E-state index is -0.173. The molecule has 1 saturated heterocycles. The summed E-state index contributed by atoms with van der Waals surface area (Å²) in [5, 5.41) is 0. The van der Waals surface area contributed by atoms with Crippen molar-refractivity contribution in [1.29, 1.82) is 0 Å². The van der Waals surface area contributed by atoms with Crippen molar-refractivity contribution in [2.75, 3.05) is 45.9 Å². The summed E-state index contributed by atoms with van der Waals surface area (Å²) in [5.74, 6) is 1.46. The first-order valence-corrected chi connectivity index (χ1v) is 10.3. The molecule has 5 nitrogen and oxygen atoms in total. The third kappa shape index (κ3) is 5.26. The lowest BCUT2D eigenvalue weighted by atomic mass is 10.1. The summed E-state index contributed by atoms with van der Waals surface area (Å²) in [7, 11) is 0. The van der Waals surface area contributed by atoms with Gasteiger partial charge in [-0.3, -0.25) is 9.69 Å². The Morgan fingerprint density at radius 1 is 0.931 bits per heavy atom. The van der Waals surface area contributed by atoms with E-state index in [1.54, 1.807) is 12.1 Å². The van der Waals surface area contributed by atoms with Crippen LogP contribution in [-0.2, 0) is 17.6 Å². The second-order valence-electron chi connectivity index (χ2n) is 7.61. The molecule has 29 heavy (non-hydrogen) atoms. The zero-order valence-electron chi connectivity index (χ0n) is 16.6. The normalized spacial score (nSPS) is 16.7. The molecule has 2 aliphatic heterocycles. The van der Waals surface area contributed by atoms with Crippen molar-refractivity contribution in [3.8, 4) is 11.5 Å². The van der Waals surface area contributed by atoms with Crippen LogP contribution in [0.15, 0.2) is 42.5 Å². The Morgan fingerprint density at radius 2 is 1.72 bits per heavy atom. The molecule has 0 atom stereocenters. The maximum absolute atomic E-state index is 13.2. The lowest BCUT2D eigenvalue weighted by Gasteiger charge is -2.35. The number of aryl methyl sites for hydroxylation is 1. The molecule has 2 aliphatic rings. The summed E-state index contributed by atoms with van der Waals surface area (Å²) in [6.45, 7) is 5.36. The molecule has 6 heteroatoms. The first kappa shape index (κ1) is 19.7. The quantitative estimate of drug-likeness (QED) is 0.750. The average molecular weight is 398 g/mol. The summed E-state index contributed by atoms with van der Waals surface area (Å²) < 4.78 is 24.4. The van der Waals surface area contributed by atoms with Gasteiger partial charge in [-0.05, 0) is 54.8 Å². The smallest absolute Gasteiger partial charge is 0.227 e. The summed E-state index contributed by atoms with van der Waals surface area (Å²) in [5.41, 5.74) is 2.00. The Kier molecular flexibility index (Phi) is 6.30. The Bertz CT molecular complexity index is 850. The highest BCUT2D eigenvalue weighted by atomic mass is 19.1. The van der Waals surface area contributed by atoms with Gasteiger partial charge in [-0.15, -0.1) is 0 Å². The van der Waals surface area contributed by atoms with Gasteiger partial charge in [0.2, 0.25) is 5.91 Å². The van der Waals surface area contributed by atoms with E-state index in [4.69, 9.17) is 9.47 Å². The fraction of sp³-hybridized carbons (Fsp3) is 0.435. The van der Waals surface area contributed by atoms with Crippen molar-refractivity contribution >= 4 is 5.91 Å². The second-order valence-corrected chi connectivity index (χ2v) is 7.61. The van der Waals surface area contributed by atoms with Crippen LogP contribution in [0.4, 0.5) is 4.39 Å². The standard InChI is InChI=1S/C23H27FN2O3/c24-20-5-1-3-18(15-20)4-2-8-25-9-11-26(12-10-25)23(27)17-19-6-7-21-22(16-19)29-14-13-28-21/h1,3,5-7,15-16H,2,4,8-14,17H2. The van der Waals surface area contributed by atoms with E-state index >= 15 is 0 Å². The molecule has 0 aliphatic carbocycles. The number of ether oxygens (including phenoxy) is 2. The van der Waals surface area contributed by atoms with Crippen LogP contribution in [0.2, 0.25) is 0 Å². The second kappa shape index (κ2) is 9.27.